The summed E-state index contributed by atoms with van der Waals surface area (Å²) < 4.78 is 23.5. The van der Waals surface area contributed by atoms with Gasteiger partial charge in [-0.15, -0.1) is 0 Å². The van der Waals surface area contributed by atoms with E-state index in [2.05, 4.69) is 19.9 Å². The molecule has 33 heavy (non-hydrogen) atoms. The third-order valence-corrected chi connectivity index (χ3v) is 6.39. The second-order valence-corrected chi connectivity index (χ2v) is 9.20. The number of primary sulfonamides is 1. The van der Waals surface area contributed by atoms with Crippen LogP contribution in [-0.4, -0.2) is 33.3 Å². The van der Waals surface area contributed by atoms with E-state index < -0.39 is 10.0 Å². The predicted octanol–water partition coefficient (Wildman–Crippen LogP) is 3.55. The number of hydrogen-bond acceptors (Lipinski definition) is 6. The van der Waals surface area contributed by atoms with Gasteiger partial charge in [-0.1, -0.05) is 24.3 Å². The molecule has 0 aliphatic rings. The minimum Gasteiger partial charge on any atom is -0.348 e. The summed E-state index contributed by atoms with van der Waals surface area (Å²) in [6.45, 7) is 1.94. The Balaban J connectivity index is 1.80. The van der Waals surface area contributed by atoms with Crippen molar-refractivity contribution in [3.05, 3.63) is 102 Å². The number of aromatic nitrogens is 5. The van der Waals surface area contributed by atoms with Gasteiger partial charge in [-0.25, -0.2) is 18.5 Å². The van der Waals surface area contributed by atoms with Crippen LogP contribution >= 0.6 is 0 Å². The number of aromatic amines is 1. The van der Waals surface area contributed by atoms with Gasteiger partial charge in [-0.05, 0) is 48.4 Å². The molecule has 0 saturated carbocycles. The van der Waals surface area contributed by atoms with Crippen LogP contribution in [0.1, 0.15) is 28.6 Å². The summed E-state index contributed by atoms with van der Waals surface area (Å²) in [6, 6.07) is 16.3. The Labute approximate surface area is 190 Å². The largest absolute Gasteiger partial charge is 0.348 e. The second kappa shape index (κ2) is 8.19. The highest BCUT2D eigenvalue weighted by Crippen LogP contribution is 2.39. The molecule has 1 atom stereocenters. The molecule has 0 fully saturated rings. The van der Waals surface area contributed by atoms with Gasteiger partial charge in [0.2, 0.25) is 10.0 Å². The lowest BCUT2D eigenvalue weighted by Crippen LogP contribution is -2.13. The van der Waals surface area contributed by atoms with Crippen molar-refractivity contribution < 1.29 is 8.42 Å². The van der Waals surface area contributed by atoms with Crippen molar-refractivity contribution in [2.24, 2.45) is 5.14 Å². The highest BCUT2D eigenvalue weighted by molar-refractivity contribution is 7.89. The number of rotatable bonds is 5. The van der Waals surface area contributed by atoms with Crippen molar-refractivity contribution in [2.45, 2.75) is 17.7 Å². The highest BCUT2D eigenvalue weighted by Gasteiger charge is 2.26. The van der Waals surface area contributed by atoms with E-state index in [1.807, 2.05) is 37.3 Å². The summed E-state index contributed by atoms with van der Waals surface area (Å²) in [7, 11) is -3.80. The summed E-state index contributed by atoms with van der Waals surface area (Å²) in [5, 5.41) is 5.30. The van der Waals surface area contributed by atoms with E-state index in [9.17, 15) is 8.42 Å². The van der Waals surface area contributed by atoms with E-state index in [1.165, 1.54) is 12.1 Å². The van der Waals surface area contributed by atoms with E-state index in [0.717, 1.165) is 39.1 Å². The summed E-state index contributed by atoms with van der Waals surface area (Å²) in [5.41, 5.74) is 5.74. The van der Waals surface area contributed by atoms with Gasteiger partial charge >= 0.3 is 0 Å². The lowest BCUT2D eigenvalue weighted by atomic mass is 9.85. The summed E-state index contributed by atoms with van der Waals surface area (Å²) >= 11 is 0. The average Bonchev–Trinajstić information content (AvgIpc) is 3.33. The molecule has 0 amide bonds. The number of nitrogens with two attached hydrogens (primary N) is 1. The second-order valence-electron chi connectivity index (χ2n) is 7.64. The van der Waals surface area contributed by atoms with E-state index in [1.54, 1.807) is 36.9 Å². The first-order chi connectivity index (χ1) is 15.9. The maximum absolute atomic E-state index is 11.8. The fourth-order valence-corrected chi connectivity index (χ4v) is 4.53. The number of fused-ring (bicyclic) bond motifs is 1. The third kappa shape index (κ3) is 3.99. The van der Waals surface area contributed by atoms with Gasteiger partial charge in [0.25, 0.3) is 0 Å². The molecule has 5 aromatic rings. The Morgan fingerprint density at radius 1 is 0.909 bits per heavy atom. The number of H-pyrrole nitrogens is 1. The molecule has 3 heterocycles. The van der Waals surface area contributed by atoms with Gasteiger partial charge in [-0.3, -0.25) is 15.0 Å². The molecule has 8 nitrogen and oxygen atoms in total. The van der Waals surface area contributed by atoms with E-state index in [4.69, 9.17) is 10.1 Å². The molecule has 3 aromatic heterocycles. The fraction of sp³-hybridized carbons (Fsp3) is 0.0833. The number of nitrogens with zero attached hydrogens (tertiary/aromatic N) is 4. The molecule has 0 bridgehead atoms. The molecule has 0 radical (unpaired) electrons. The number of pyridine rings is 1. The zero-order valence-electron chi connectivity index (χ0n) is 17.7. The minimum atomic E-state index is -3.80. The summed E-state index contributed by atoms with van der Waals surface area (Å²) in [4.78, 5) is 21.6. The van der Waals surface area contributed by atoms with Crippen LogP contribution < -0.4 is 5.14 Å². The van der Waals surface area contributed by atoms with Gasteiger partial charge in [0, 0.05) is 36.0 Å². The lowest BCUT2D eigenvalue weighted by Gasteiger charge is -2.21. The number of aryl methyl sites for hydroxylation is 1. The normalized spacial score (nSPS) is 12.7. The van der Waals surface area contributed by atoms with Crippen molar-refractivity contribution >= 4 is 21.1 Å². The maximum Gasteiger partial charge on any atom is 0.238 e. The average molecular weight is 457 g/mol. The summed E-state index contributed by atoms with van der Waals surface area (Å²) in [6.07, 6.45) is 6.76. The standard InChI is InChI=1S/C24H20N6O2S/c1-15-3-2-4-19(30-15)22-18(9-10-20-23(22)27-12-11-26-20)21(24-28-13-14-29-24)16-5-7-17(8-6-16)33(25,31)32/h2-14,21H,1H3,(H,28,29)(H2,25,31,32). The van der Waals surface area contributed by atoms with Crippen LogP contribution in [0, 0.1) is 6.92 Å². The molecular formula is C24H20N6O2S. The first kappa shape index (κ1) is 20.9. The number of sulfonamides is 1. The Kier molecular flexibility index (Phi) is 5.20. The van der Waals surface area contributed by atoms with Crippen molar-refractivity contribution in [1.82, 2.24) is 24.9 Å². The number of hydrogen-bond donors (Lipinski definition) is 2. The SMILES string of the molecule is Cc1cccc(-c2c(C(c3ccc(S(N)(=O)=O)cc3)c3ncc[nH]3)ccc3nccnc23)n1. The summed E-state index contributed by atoms with van der Waals surface area (Å²) in [5.74, 6) is 0.369. The van der Waals surface area contributed by atoms with Crippen LogP contribution in [0.3, 0.4) is 0 Å². The molecule has 5 rings (SSSR count). The zero-order valence-corrected chi connectivity index (χ0v) is 18.5. The van der Waals surface area contributed by atoms with E-state index in [-0.39, 0.29) is 10.8 Å². The Morgan fingerprint density at radius 3 is 2.39 bits per heavy atom. The molecule has 3 N–H and O–H groups in total. The number of benzene rings is 2. The Bertz CT molecular complexity index is 1550. The van der Waals surface area contributed by atoms with Crippen LogP contribution in [-0.2, 0) is 10.0 Å². The van der Waals surface area contributed by atoms with E-state index >= 15 is 0 Å². The van der Waals surface area contributed by atoms with Gasteiger partial charge in [0.05, 0.1) is 27.5 Å². The molecule has 0 spiro atoms. The maximum atomic E-state index is 11.8. The number of imidazole rings is 1. The Morgan fingerprint density at radius 2 is 1.70 bits per heavy atom. The van der Waals surface area contributed by atoms with Crippen LogP contribution in [0.4, 0.5) is 0 Å². The Hall–Kier alpha value is -3.95. The molecule has 1 unspecified atom stereocenters. The predicted molar refractivity (Wildman–Crippen MR) is 125 cm³/mol. The number of nitrogens with one attached hydrogen (secondary N) is 1. The minimum absolute atomic E-state index is 0.0504. The molecule has 164 valence electrons. The van der Waals surface area contributed by atoms with Crippen molar-refractivity contribution in [2.75, 3.05) is 0 Å². The molecule has 0 saturated heterocycles. The lowest BCUT2D eigenvalue weighted by molar-refractivity contribution is 0.597. The monoisotopic (exact) mass is 456 g/mol. The van der Waals surface area contributed by atoms with Crippen molar-refractivity contribution in [3.8, 4) is 11.3 Å². The van der Waals surface area contributed by atoms with Gasteiger partial charge < -0.3 is 4.98 Å². The quantitative estimate of drug-likeness (QED) is 0.416. The zero-order chi connectivity index (χ0) is 23.0. The van der Waals surface area contributed by atoms with Crippen molar-refractivity contribution in [1.29, 1.82) is 0 Å². The van der Waals surface area contributed by atoms with Crippen LogP contribution in [0.2, 0.25) is 0 Å². The van der Waals surface area contributed by atoms with Gasteiger partial charge in [0.15, 0.2) is 0 Å². The first-order valence-corrected chi connectivity index (χ1v) is 11.8. The molecule has 9 heteroatoms. The first-order valence-electron chi connectivity index (χ1n) is 10.2. The molecule has 0 aliphatic heterocycles. The van der Waals surface area contributed by atoms with Gasteiger partial charge in [0.1, 0.15) is 5.82 Å². The topological polar surface area (TPSA) is 128 Å². The highest BCUT2D eigenvalue weighted by atomic mass is 32.2. The van der Waals surface area contributed by atoms with E-state index in [0.29, 0.717) is 5.82 Å². The van der Waals surface area contributed by atoms with Crippen LogP contribution in [0.15, 0.2) is 84.3 Å². The molecule has 2 aromatic carbocycles. The third-order valence-electron chi connectivity index (χ3n) is 5.46. The smallest absolute Gasteiger partial charge is 0.238 e. The van der Waals surface area contributed by atoms with Crippen LogP contribution in [0.25, 0.3) is 22.3 Å². The molecule has 0 aliphatic carbocycles. The van der Waals surface area contributed by atoms with Crippen molar-refractivity contribution in [3.63, 3.8) is 0 Å². The van der Waals surface area contributed by atoms with Crippen LogP contribution in [0.5, 0.6) is 0 Å². The molecular weight excluding hydrogens is 436 g/mol. The van der Waals surface area contributed by atoms with Gasteiger partial charge in [-0.2, -0.15) is 0 Å². The fourth-order valence-electron chi connectivity index (χ4n) is 4.01.